The van der Waals surface area contributed by atoms with Gasteiger partial charge in [0.15, 0.2) is 0 Å². The SMILES string of the molecule is CCCCCNS(=O)(=O)NC(=O)C(C)=Cc1ccc(OCCOC)cc1Oc1ncc(C(F)(F)F)cc1Cl. The first-order valence-electron chi connectivity index (χ1n) is 11.5. The van der Waals surface area contributed by atoms with Crippen molar-refractivity contribution in [3.63, 3.8) is 0 Å². The Labute approximate surface area is 224 Å². The van der Waals surface area contributed by atoms with Crippen molar-refractivity contribution in [1.82, 2.24) is 14.4 Å². The number of ether oxygens (including phenoxy) is 3. The predicted molar refractivity (Wildman–Crippen MR) is 136 cm³/mol. The maximum atomic E-state index is 13.0. The molecule has 0 spiro atoms. The van der Waals surface area contributed by atoms with Gasteiger partial charge >= 0.3 is 16.4 Å². The molecular weight excluding hydrogens is 551 g/mol. The van der Waals surface area contributed by atoms with Gasteiger partial charge in [-0.05, 0) is 37.6 Å². The van der Waals surface area contributed by atoms with Crippen LogP contribution in [0.2, 0.25) is 5.02 Å². The minimum Gasteiger partial charge on any atom is -0.491 e. The van der Waals surface area contributed by atoms with E-state index in [1.54, 1.807) is 6.07 Å². The average molecular weight is 580 g/mol. The largest absolute Gasteiger partial charge is 0.491 e. The highest BCUT2D eigenvalue weighted by molar-refractivity contribution is 7.88. The standard InChI is InChI=1S/C24H29ClF3N3O6S/c1-4-5-6-9-30-38(33,34)31-22(32)16(2)12-17-7-8-19(36-11-10-35-3)14-21(17)37-23-20(25)13-18(15-29-23)24(26,27)28/h7-8,12-15,30H,4-6,9-11H2,1-3H3,(H,31,32). The molecule has 0 fully saturated rings. The Morgan fingerprint density at radius 2 is 1.92 bits per heavy atom. The molecule has 0 unspecified atom stereocenters. The zero-order valence-electron chi connectivity index (χ0n) is 21.0. The van der Waals surface area contributed by atoms with Crippen molar-refractivity contribution >= 4 is 33.8 Å². The molecule has 2 rings (SSSR count). The van der Waals surface area contributed by atoms with Crippen LogP contribution in [0, 0.1) is 0 Å². The summed E-state index contributed by atoms with van der Waals surface area (Å²) in [4.78, 5) is 16.2. The third kappa shape index (κ3) is 10.1. The van der Waals surface area contributed by atoms with Gasteiger partial charge in [0, 0.05) is 37.1 Å². The lowest BCUT2D eigenvalue weighted by molar-refractivity contribution is -0.137. The van der Waals surface area contributed by atoms with E-state index in [9.17, 15) is 26.4 Å². The Hall–Kier alpha value is -2.87. The molecule has 0 saturated heterocycles. The van der Waals surface area contributed by atoms with Crippen LogP contribution in [0.3, 0.4) is 0 Å². The molecule has 2 N–H and O–H groups in total. The van der Waals surface area contributed by atoms with E-state index >= 15 is 0 Å². The summed E-state index contributed by atoms with van der Waals surface area (Å²) >= 11 is 5.98. The van der Waals surface area contributed by atoms with Gasteiger partial charge in [-0.1, -0.05) is 31.4 Å². The number of benzene rings is 1. The fourth-order valence-electron chi connectivity index (χ4n) is 2.93. The maximum Gasteiger partial charge on any atom is 0.417 e. The number of aromatic nitrogens is 1. The van der Waals surface area contributed by atoms with Crippen LogP contribution in [0.1, 0.15) is 44.2 Å². The first-order valence-corrected chi connectivity index (χ1v) is 13.4. The molecule has 0 aliphatic carbocycles. The second-order valence-electron chi connectivity index (χ2n) is 8.02. The van der Waals surface area contributed by atoms with Crippen LogP contribution in [-0.4, -0.2) is 46.2 Å². The molecule has 210 valence electrons. The number of nitrogens with one attached hydrogen (secondary N) is 2. The van der Waals surface area contributed by atoms with Crippen LogP contribution < -0.4 is 18.9 Å². The molecule has 9 nitrogen and oxygen atoms in total. The minimum atomic E-state index is -4.64. The number of hydrogen-bond donors (Lipinski definition) is 2. The number of pyridine rings is 1. The maximum absolute atomic E-state index is 13.0. The molecule has 1 aromatic heterocycles. The molecule has 0 radical (unpaired) electrons. The summed E-state index contributed by atoms with van der Waals surface area (Å²) in [6.07, 6.45) is -0.361. The van der Waals surface area contributed by atoms with Gasteiger partial charge < -0.3 is 14.2 Å². The summed E-state index contributed by atoms with van der Waals surface area (Å²) in [5.74, 6) is -0.825. The summed E-state index contributed by atoms with van der Waals surface area (Å²) in [6, 6.07) is 5.18. The van der Waals surface area contributed by atoms with E-state index in [1.165, 1.54) is 32.2 Å². The number of alkyl halides is 3. The number of hydrogen-bond acceptors (Lipinski definition) is 7. The van der Waals surface area contributed by atoms with E-state index in [1.807, 2.05) is 11.6 Å². The van der Waals surface area contributed by atoms with Gasteiger partial charge in [-0.2, -0.15) is 26.3 Å². The quantitative estimate of drug-likeness (QED) is 0.236. The van der Waals surface area contributed by atoms with Gasteiger partial charge in [0.1, 0.15) is 23.1 Å². The predicted octanol–water partition coefficient (Wildman–Crippen LogP) is 5.12. The lowest BCUT2D eigenvalue weighted by Gasteiger charge is -2.14. The van der Waals surface area contributed by atoms with Crippen molar-refractivity contribution in [3.8, 4) is 17.4 Å². The first kappa shape index (κ1) is 31.3. The molecule has 1 amide bonds. The summed E-state index contributed by atoms with van der Waals surface area (Å²) in [7, 11) is -2.57. The monoisotopic (exact) mass is 579 g/mol. The summed E-state index contributed by atoms with van der Waals surface area (Å²) in [6.45, 7) is 4.04. The Morgan fingerprint density at radius 1 is 1.18 bits per heavy atom. The van der Waals surface area contributed by atoms with E-state index in [0.717, 1.165) is 12.8 Å². The second kappa shape index (κ2) is 14.3. The second-order valence-corrected chi connectivity index (χ2v) is 9.92. The number of rotatable bonds is 14. The molecule has 0 aliphatic heterocycles. The van der Waals surface area contributed by atoms with Crippen molar-refractivity contribution in [1.29, 1.82) is 0 Å². The lowest BCUT2D eigenvalue weighted by atomic mass is 10.1. The highest BCUT2D eigenvalue weighted by Gasteiger charge is 2.32. The normalized spacial score (nSPS) is 12.3. The van der Waals surface area contributed by atoms with Crippen LogP contribution >= 0.6 is 11.6 Å². The molecule has 1 heterocycles. The van der Waals surface area contributed by atoms with E-state index in [-0.39, 0.29) is 35.9 Å². The third-order valence-corrected chi connectivity index (χ3v) is 6.22. The number of carbonyl (C=O) groups is 1. The first-order chi connectivity index (χ1) is 17.9. The third-order valence-electron chi connectivity index (χ3n) is 4.91. The van der Waals surface area contributed by atoms with Gasteiger partial charge in [-0.3, -0.25) is 4.79 Å². The number of carbonyl (C=O) groups excluding carboxylic acids is 1. The zero-order chi connectivity index (χ0) is 28.3. The molecule has 14 heteroatoms. The van der Waals surface area contributed by atoms with Crippen LogP contribution in [-0.2, 0) is 25.9 Å². The smallest absolute Gasteiger partial charge is 0.417 e. The van der Waals surface area contributed by atoms with Crippen molar-refractivity contribution in [2.45, 2.75) is 39.3 Å². The van der Waals surface area contributed by atoms with E-state index in [2.05, 4.69) is 9.71 Å². The van der Waals surface area contributed by atoms with Crippen LogP contribution in [0.25, 0.3) is 6.08 Å². The zero-order valence-corrected chi connectivity index (χ0v) is 22.6. The fourth-order valence-corrected chi connectivity index (χ4v) is 4.03. The molecule has 0 saturated carbocycles. The molecule has 0 atom stereocenters. The van der Waals surface area contributed by atoms with Gasteiger partial charge in [-0.25, -0.2) is 9.71 Å². The molecule has 1 aromatic carbocycles. The van der Waals surface area contributed by atoms with Gasteiger partial charge in [0.2, 0.25) is 5.88 Å². The van der Waals surface area contributed by atoms with Gasteiger partial charge in [0.05, 0.1) is 12.2 Å². The van der Waals surface area contributed by atoms with E-state index < -0.39 is 32.9 Å². The van der Waals surface area contributed by atoms with Crippen LogP contribution in [0.15, 0.2) is 36.0 Å². The van der Waals surface area contributed by atoms with E-state index in [4.69, 9.17) is 25.8 Å². The Kier molecular flexibility index (Phi) is 11.8. The highest BCUT2D eigenvalue weighted by Crippen LogP contribution is 2.37. The lowest BCUT2D eigenvalue weighted by Crippen LogP contribution is -2.40. The molecule has 0 aliphatic rings. The van der Waals surface area contributed by atoms with Crippen molar-refractivity contribution in [2.24, 2.45) is 0 Å². The topological polar surface area (TPSA) is 116 Å². The van der Waals surface area contributed by atoms with Crippen molar-refractivity contribution in [2.75, 3.05) is 26.9 Å². The number of halogens is 4. The Balaban J connectivity index is 2.32. The molecule has 0 bridgehead atoms. The fraction of sp³-hybridized carbons (Fsp3) is 0.417. The van der Waals surface area contributed by atoms with Crippen molar-refractivity contribution < 1.29 is 40.6 Å². The number of amides is 1. The number of methoxy groups -OCH3 is 1. The van der Waals surface area contributed by atoms with Gasteiger partial charge in [-0.15, -0.1) is 0 Å². The average Bonchev–Trinajstić information content (AvgIpc) is 2.83. The minimum absolute atomic E-state index is 0.00769. The van der Waals surface area contributed by atoms with Crippen LogP contribution in [0.4, 0.5) is 13.2 Å². The van der Waals surface area contributed by atoms with Crippen LogP contribution in [0.5, 0.6) is 17.4 Å². The number of unbranched alkanes of at least 4 members (excludes halogenated alkanes) is 2. The van der Waals surface area contributed by atoms with Gasteiger partial charge in [0.25, 0.3) is 5.91 Å². The summed E-state index contributed by atoms with van der Waals surface area (Å²) < 4.78 is 83.6. The summed E-state index contributed by atoms with van der Waals surface area (Å²) in [5, 5.41) is -0.393. The Morgan fingerprint density at radius 3 is 2.55 bits per heavy atom. The summed E-state index contributed by atoms with van der Waals surface area (Å²) in [5.41, 5.74) is -0.764. The highest BCUT2D eigenvalue weighted by atomic mass is 35.5. The number of nitrogens with zero attached hydrogens (tertiary/aromatic N) is 1. The molecule has 2 aromatic rings. The Bertz CT molecular complexity index is 1240. The van der Waals surface area contributed by atoms with Crippen molar-refractivity contribution in [3.05, 3.63) is 52.2 Å². The van der Waals surface area contributed by atoms with E-state index in [0.29, 0.717) is 31.0 Å². The molecule has 38 heavy (non-hydrogen) atoms. The molecular formula is C24H29ClF3N3O6S.